The molecule has 0 spiro atoms. The Morgan fingerprint density at radius 3 is 2.77 bits per heavy atom. The van der Waals surface area contributed by atoms with Crippen molar-refractivity contribution in [2.24, 2.45) is 0 Å². The number of nitrogens with zero attached hydrogens (tertiary/aromatic N) is 6. The van der Waals surface area contributed by atoms with Gasteiger partial charge in [0.15, 0.2) is 10.6 Å². The highest BCUT2D eigenvalue weighted by Gasteiger charge is 2.30. The zero-order chi connectivity index (χ0) is 21.9. The highest BCUT2D eigenvalue weighted by Crippen LogP contribution is 2.31. The quantitative estimate of drug-likeness (QED) is 0.531. The zero-order valence-corrected chi connectivity index (χ0v) is 19.3. The summed E-state index contributed by atoms with van der Waals surface area (Å²) in [5.41, 5.74) is 4.01. The summed E-state index contributed by atoms with van der Waals surface area (Å²) in [6, 6.07) is 3.93. The van der Waals surface area contributed by atoms with Crippen LogP contribution >= 0.6 is 11.3 Å². The molecule has 4 aromatic rings. The van der Waals surface area contributed by atoms with E-state index < -0.39 is 0 Å². The molecule has 5 heterocycles. The first kappa shape index (κ1) is 20.1. The fourth-order valence-electron chi connectivity index (χ4n) is 4.41. The van der Waals surface area contributed by atoms with Gasteiger partial charge in [-0.3, -0.25) is 9.20 Å². The predicted molar refractivity (Wildman–Crippen MR) is 124 cm³/mol. The van der Waals surface area contributed by atoms with Crippen LogP contribution in [-0.4, -0.2) is 49.2 Å². The zero-order valence-electron chi connectivity index (χ0n) is 18.5. The topological polar surface area (TPSA) is 79.8 Å². The number of aryl methyl sites for hydroxylation is 2. The maximum atomic E-state index is 12.9. The van der Waals surface area contributed by atoms with E-state index in [2.05, 4.69) is 41.2 Å². The van der Waals surface area contributed by atoms with Crippen molar-refractivity contribution in [2.75, 3.05) is 18.5 Å². The molecule has 1 N–H and O–H groups in total. The second-order valence-electron chi connectivity index (χ2n) is 9.13. The van der Waals surface area contributed by atoms with Crippen molar-refractivity contribution in [2.45, 2.75) is 52.1 Å². The van der Waals surface area contributed by atoms with Gasteiger partial charge in [-0.05, 0) is 58.7 Å². The van der Waals surface area contributed by atoms with Gasteiger partial charge in [0.25, 0.3) is 5.56 Å². The van der Waals surface area contributed by atoms with Gasteiger partial charge in [-0.2, -0.15) is 5.10 Å². The Labute approximate surface area is 184 Å². The average Bonchev–Trinajstić information content (AvgIpc) is 3.30. The van der Waals surface area contributed by atoms with Crippen LogP contribution in [-0.2, 0) is 0 Å². The molecule has 0 bridgehead atoms. The summed E-state index contributed by atoms with van der Waals surface area (Å²) in [5, 5.41) is 9.26. The average molecular weight is 438 g/mol. The number of hydrogen-bond donors (Lipinski definition) is 1. The predicted octanol–water partition coefficient (Wildman–Crippen LogP) is 3.05. The molecule has 9 heteroatoms. The van der Waals surface area contributed by atoms with E-state index in [0.29, 0.717) is 22.4 Å². The number of aromatic nitrogens is 5. The smallest absolute Gasteiger partial charge is 0.259 e. The lowest BCUT2D eigenvalue weighted by Gasteiger charge is -2.40. The fourth-order valence-corrected chi connectivity index (χ4v) is 5.43. The van der Waals surface area contributed by atoms with Gasteiger partial charge in [0.05, 0.1) is 17.6 Å². The molecule has 4 aromatic heterocycles. The number of thiazole rings is 1. The van der Waals surface area contributed by atoms with Gasteiger partial charge < -0.3 is 10.2 Å². The Balaban J connectivity index is 1.54. The standard InChI is InChI=1S/C22H27N7OS/c1-13-8-17(26-29-11-14(2)24-20(13)29)16-9-18(30)28-12-19(31-21(28)25-16)27(5)15-6-7-23-22(3,4)10-15/h8-9,11-12,15,23H,6-7,10H2,1-5H3. The van der Waals surface area contributed by atoms with Crippen LogP contribution in [0, 0.1) is 13.8 Å². The van der Waals surface area contributed by atoms with Crippen LogP contribution in [0.2, 0.25) is 0 Å². The molecule has 1 atom stereocenters. The van der Waals surface area contributed by atoms with E-state index in [9.17, 15) is 4.79 Å². The largest absolute Gasteiger partial charge is 0.362 e. The lowest BCUT2D eigenvalue weighted by Crippen LogP contribution is -2.52. The summed E-state index contributed by atoms with van der Waals surface area (Å²) in [7, 11) is 2.11. The van der Waals surface area contributed by atoms with E-state index in [4.69, 9.17) is 4.98 Å². The fraction of sp³-hybridized carbons (Fsp3) is 0.455. The highest BCUT2D eigenvalue weighted by atomic mass is 32.1. The van der Waals surface area contributed by atoms with Crippen molar-refractivity contribution in [1.29, 1.82) is 0 Å². The number of piperidine rings is 1. The third-order valence-corrected chi connectivity index (χ3v) is 7.14. The van der Waals surface area contributed by atoms with E-state index >= 15 is 0 Å². The third kappa shape index (κ3) is 3.61. The third-order valence-electron chi connectivity index (χ3n) is 6.07. The first-order chi connectivity index (χ1) is 14.7. The van der Waals surface area contributed by atoms with E-state index in [0.717, 1.165) is 41.3 Å². The molecule has 0 aliphatic carbocycles. The molecule has 1 fully saturated rings. The summed E-state index contributed by atoms with van der Waals surface area (Å²) in [5.74, 6) is 0. The van der Waals surface area contributed by atoms with Crippen LogP contribution in [0.15, 0.2) is 29.3 Å². The van der Waals surface area contributed by atoms with Crippen LogP contribution in [0.3, 0.4) is 0 Å². The van der Waals surface area contributed by atoms with E-state index in [1.807, 2.05) is 32.3 Å². The molecular formula is C22H27N7OS. The molecule has 1 aliphatic heterocycles. The maximum absolute atomic E-state index is 12.9. The Morgan fingerprint density at radius 1 is 1.19 bits per heavy atom. The lowest BCUT2D eigenvalue weighted by molar-refractivity contribution is 0.272. The summed E-state index contributed by atoms with van der Waals surface area (Å²) in [6.45, 7) is 9.42. The highest BCUT2D eigenvalue weighted by molar-refractivity contribution is 7.20. The second kappa shape index (κ2) is 7.13. The van der Waals surface area contributed by atoms with E-state index in [1.165, 1.54) is 0 Å². The van der Waals surface area contributed by atoms with Crippen molar-refractivity contribution in [1.82, 2.24) is 29.3 Å². The van der Waals surface area contributed by atoms with Gasteiger partial charge in [0.1, 0.15) is 10.7 Å². The van der Waals surface area contributed by atoms with Gasteiger partial charge in [0.2, 0.25) is 0 Å². The first-order valence-electron chi connectivity index (χ1n) is 10.6. The molecule has 0 amide bonds. The minimum Gasteiger partial charge on any atom is -0.362 e. The Bertz CT molecular complexity index is 1350. The minimum atomic E-state index is -0.0945. The lowest BCUT2D eigenvalue weighted by atomic mass is 9.89. The summed E-state index contributed by atoms with van der Waals surface area (Å²) >= 11 is 1.54. The van der Waals surface area contributed by atoms with Crippen LogP contribution in [0.5, 0.6) is 0 Å². The van der Waals surface area contributed by atoms with E-state index in [1.54, 1.807) is 26.3 Å². The van der Waals surface area contributed by atoms with Gasteiger partial charge in [0, 0.05) is 30.9 Å². The summed E-state index contributed by atoms with van der Waals surface area (Å²) in [4.78, 5) is 25.2. The van der Waals surface area contributed by atoms with E-state index in [-0.39, 0.29) is 11.1 Å². The number of rotatable bonds is 3. The van der Waals surface area contributed by atoms with Gasteiger partial charge in [-0.1, -0.05) is 11.3 Å². The summed E-state index contributed by atoms with van der Waals surface area (Å²) < 4.78 is 3.40. The van der Waals surface area contributed by atoms with Crippen LogP contribution < -0.4 is 15.8 Å². The van der Waals surface area contributed by atoms with Crippen molar-refractivity contribution in [3.8, 4) is 11.4 Å². The van der Waals surface area contributed by atoms with Crippen LogP contribution in [0.1, 0.15) is 37.9 Å². The number of fused-ring (bicyclic) bond motifs is 2. The monoisotopic (exact) mass is 437 g/mol. The molecule has 31 heavy (non-hydrogen) atoms. The molecule has 0 radical (unpaired) electrons. The van der Waals surface area contributed by atoms with Crippen molar-refractivity contribution in [3.05, 3.63) is 46.1 Å². The molecule has 162 valence electrons. The Kier molecular flexibility index (Phi) is 4.63. The van der Waals surface area contributed by atoms with Crippen molar-refractivity contribution >= 4 is 26.9 Å². The number of imidazole rings is 1. The molecule has 1 unspecified atom stereocenters. The molecule has 0 saturated carbocycles. The van der Waals surface area contributed by atoms with Crippen molar-refractivity contribution < 1.29 is 0 Å². The number of hydrogen-bond acceptors (Lipinski definition) is 7. The Hall–Kier alpha value is -2.78. The van der Waals surface area contributed by atoms with Gasteiger partial charge in [-0.15, -0.1) is 0 Å². The van der Waals surface area contributed by atoms with Crippen molar-refractivity contribution in [3.63, 3.8) is 0 Å². The summed E-state index contributed by atoms with van der Waals surface area (Å²) in [6.07, 6.45) is 5.93. The van der Waals surface area contributed by atoms with Gasteiger partial charge >= 0.3 is 0 Å². The molecule has 1 saturated heterocycles. The minimum absolute atomic E-state index is 0.0945. The van der Waals surface area contributed by atoms with Gasteiger partial charge in [-0.25, -0.2) is 14.5 Å². The molecule has 5 rings (SSSR count). The SMILES string of the molecule is Cc1cn2nc(-c3cc(=O)n4cc(N(C)C5CCNC(C)(C)C5)sc4n3)cc(C)c2n1. The molecule has 8 nitrogen and oxygen atoms in total. The van der Waals surface area contributed by atoms with Crippen LogP contribution in [0.4, 0.5) is 5.00 Å². The maximum Gasteiger partial charge on any atom is 0.259 e. The normalized spacial score (nSPS) is 18.7. The number of nitrogens with one attached hydrogen (secondary N) is 1. The first-order valence-corrected chi connectivity index (χ1v) is 11.4. The number of anilines is 1. The molecule has 1 aliphatic rings. The Morgan fingerprint density at radius 2 is 2.00 bits per heavy atom. The second-order valence-corrected chi connectivity index (χ2v) is 10.1. The van der Waals surface area contributed by atoms with Crippen LogP contribution in [0.25, 0.3) is 22.0 Å². The molecular weight excluding hydrogens is 410 g/mol. The molecule has 0 aromatic carbocycles.